The van der Waals surface area contributed by atoms with Gasteiger partial charge in [-0.2, -0.15) is 0 Å². The SMILES string of the molecule is CNC(=O)c1cccc(NC(=O)CSc2nc3ccccc3c(=O)n2-c2ccccc2OC)c1. The number of amides is 2. The zero-order valence-corrected chi connectivity index (χ0v) is 19.4. The zero-order valence-electron chi connectivity index (χ0n) is 18.6. The molecular weight excluding hydrogens is 452 g/mol. The number of hydrogen-bond donors (Lipinski definition) is 2. The van der Waals surface area contributed by atoms with Gasteiger partial charge in [-0.05, 0) is 42.5 Å². The lowest BCUT2D eigenvalue weighted by molar-refractivity contribution is -0.113. The maximum atomic E-state index is 13.4. The number of nitrogens with one attached hydrogen (secondary N) is 2. The average Bonchev–Trinajstić information content (AvgIpc) is 2.87. The molecule has 0 aliphatic rings. The monoisotopic (exact) mass is 474 g/mol. The first-order valence-electron chi connectivity index (χ1n) is 10.4. The van der Waals surface area contributed by atoms with Gasteiger partial charge in [0, 0.05) is 18.3 Å². The highest BCUT2D eigenvalue weighted by Crippen LogP contribution is 2.27. The van der Waals surface area contributed by atoms with Gasteiger partial charge in [0.05, 0.1) is 29.5 Å². The van der Waals surface area contributed by atoms with Crippen LogP contribution in [0.1, 0.15) is 10.4 Å². The molecule has 0 bridgehead atoms. The fraction of sp³-hybridized carbons (Fsp3) is 0.120. The third-order valence-electron chi connectivity index (χ3n) is 5.04. The Morgan fingerprint density at radius 1 is 1.03 bits per heavy atom. The van der Waals surface area contributed by atoms with Crippen molar-refractivity contribution in [2.45, 2.75) is 5.16 Å². The number of hydrogen-bond acceptors (Lipinski definition) is 6. The van der Waals surface area contributed by atoms with Gasteiger partial charge in [-0.25, -0.2) is 4.98 Å². The number of rotatable bonds is 7. The van der Waals surface area contributed by atoms with E-state index in [2.05, 4.69) is 15.6 Å². The number of carbonyl (C=O) groups excluding carboxylic acids is 2. The van der Waals surface area contributed by atoms with Crippen molar-refractivity contribution < 1.29 is 14.3 Å². The summed E-state index contributed by atoms with van der Waals surface area (Å²) in [4.78, 5) is 42.6. The molecule has 0 aliphatic carbocycles. The first kappa shape index (κ1) is 23.1. The van der Waals surface area contributed by atoms with Crippen LogP contribution in [0, 0.1) is 0 Å². The van der Waals surface area contributed by atoms with Crippen molar-refractivity contribution in [1.29, 1.82) is 0 Å². The van der Waals surface area contributed by atoms with Crippen molar-refractivity contribution in [3.05, 3.63) is 88.7 Å². The zero-order chi connectivity index (χ0) is 24.1. The molecule has 0 atom stereocenters. The van der Waals surface area contributed by atoms with Crippen molar-refractivity contribution in [1.82, 2.24) is 14.9 Å². The second kappa shape index (κ2) is 10.2. The van der Waals surface area contributed by atoms with Gasteiger partial charge in [-0.3, -0.25) is 19.0 Å². The third-order valence-corrected chi connectivity index (χ3v) is 5.98. The minimum Gasteiger partial charge on any atom is -0.495 e. The first-order valence-corrected chi connectivity index (χ1v) is 11.4. The Balaban J connectivity index is 1.65. The highest BCUT2D eigenvalue weighted by atomic mass is 32.2. The van der Waals surface area contributed by atoms with Gasteiger partial charge in [0.1, 0.15) is 5.75 Å². The molecule has 0 unspecified atom stereocenters. The molecule has 1 heterocycles. The van der Waals surface area contributed by atoms with E-state index in [1.807, 2.05) is 12.1 Å². The van der Waals surface area contributed by atoms with E-state index in [9.17, 15) is 14.4 Å². The van der Waals surface area contributed by atoms with E-state index >= 15 is 0 Å². The van der Waals surface area contributed by atoms with Crippen LogP contribution in [-0.2, 0) is 4.79 Å². The van der Waals surface area contributed by atoms with Crippen molar-refractivity contribution in [3.63, 3.8) is 0 Å². The number of thioether (sulfide) groups is 1. The largest absolute Gasteiger partial charge is 0.495 e. The molecule has 2 N–H and O–H groups in total. The van der Waals surface area contributed by atoms with E-state index in [0.29, 0.717) is 38.7 Å². The van der Waals surface area contributed by atoms with E-state index in [1.165, 1.54) is 11.7 Å². The molecule has 0 radical (unpaired) electrons. The summed E-state index contributed by atoms with van der Waals surface area (Å²) in [6.45, 7) is 0. The molecule has 4 aromatic rings. The normalized spacial score (nSPS) is 10.6. The summed E-state index contributed by atoms with van der Waals surface area (Å²) < 4.78 is 6.92. The summed E-state index contributed by atoms with van der Waals surface area (Å²) in [5, 5.41) is 6.17. The Hall–Kier alpha value is -4.11. The Kier molecular flexibility index (Phi) is 6.93. The lowest BCUT2D eigenvalue weighted by atomic mass is 10.2. The molecule has 0 saturated carbocycles. The van der Waals surface area contributed by atoms with Crippen molar-refractivity contribution in [3.8, 4) is 11.4 Å². The number of fused-ring (bicyclic) bond motifs is 1. The van der Waals surface area contributed by atoms with Crippen molar-refractivity contribution in [2.75, 3.05) is 25.2 Å². The summed E-state index contributed by atoms with van der Waals surface area (Å²) in [7, 11) is 3.08. The van der Waals surface area contributed by atoms with Crippen LogP contribution in [0.5, 0.6) is 5.75 Å². The van der Waals surface area contributed by atoms with E-state index in [4.69, 9.17) is 4.74 Å². The van der Waals surface area contributed by atoms with Gasteiger partial charge in [0.15, 0.2) is 5.16 Å². The van der Waals surface area contributed by atoms with Crippen molar-refractivity contribution in [2.24, 2.45) is 0 Å². The van der Waals surface area contributed by atoms with Gasteiger partial charge >= 0.3 is 0 Å². The molecule has 0 aliphatic heterocycles. The van der Waals surface area contributed by atoms with Gasteiger partial charge in [-0.15, -0.1) is 0 Å². The fourth-order valence-corrected chi connectivity index (χ4v) is 4.25. The predicted octanol–water partition coefficient (Wildman–Crippen LogP) is 3.48. The maximum absolute atomic E-state index is 13.4. The molecule has 0 saturated heterocycles. The smallest absolute Gasteiger partial charge is 0.266 e. The number of para-hydroxylation sites is 3. The van der Waals surface area contributed by atoms with Crippen LogP contribution in [0.4, 0.5) is 5.69 Å². The molecule has 2 amide bonds. The highest BCUT2D eigenvalue weighted by molar-refractivity contribution is 7.99. The topological polar surface area (TPSA) is 102 Å². The molecule has 0 spiro atoms. The van der Waals surface area contributed by atoms with Crippen LogP contribution in [0.3, 0.4) is 0 Å². The van der Waals surface area contributed by atoms with Gasteiger partial charge in [0.2, 0.25) is 5.91 Å². The minimum atomic E-state index is -0.298. The van der Waals surface area contributed by atoms with Crippen LogP contribution >= 0.6 is 11.8 Å². The van der Waals surface area contributed by atoms with Crippen LogP contribution in [0.2, 0.25) is 0 Å². The molecule has 3 aromatic carbocycles. The average molecular weight is 475 g/mol. The number of aromatic nitrogens is 2. The first-order chi connectivity index (χ1) is 16.5. The number of benzene rings is 3. The number of methoxy groups -OCH3 is 1. The fourth-order valence-electron chi connectivity index (χ4n) is 3.45. The third kappa shape index (κ3) is 4.79. The molecular formula is C25H22N4O4S. The Bertz CT molecular complexity index is 1430. The Morgan fingerprint density at radius 3 is 2.59 bits per heavy atom. The summed E-state index contributed by atoms with van der Waals surface area (Å²) in [5.41, 5.74) is 1.76. The highest BCUT2D eigenvalue weighted by Gasteiger charge is 2.17. The predicted molar refractivity (Wildman–Crippen MR) is 133 cm³/mol. The second-order valence-electron chi connectivity index (χ2n) is 7.22. The van der Waals surface area contributed by atoms with E-state index < -0.39 is 0 Å². The summed E-state index contributed by atoms with van der Waals surface area (Å²) in [6, 6.07) is 20.9. The Morgan fingerprint density at radius 2 is 1.79 bits per heavy atom. The van der Waals surface area contributed by atoms with Gasteiger partial charge < -0.3 is 15.4 Å². The number of carbonyl (C=O) groups is 2. The van der Waals surface area contributed by atoms with Crippen LogP contribution in [-0.4, -0.2) is 41.3 Å². The quantitative estimate of drug-likeness (QED) is 0.314. The van der Waals surface area contributed by atoms with E-state index in [1.54, 1.807) is 67.7 Å². The summed E-state index contributed by atoms with van der Waals surface area (Å²) >= 11 is 1.14. The van der Waals surface area contributed by atoms with Crippen LogP contribution in [0.25, 0.3) is 16.6 Å². The van der Waals surface area contributed by atoms with Crippen LogP contribution < -0.4 is 20.9 Å². The molecule has 0 fully saturated rings. The van der Waals surface area contributed by atoms with Crippen LogP contribution in [0.15, 0.2) is 82.7 Å². The standard InChI is InChI=1S/C25H22N4O4S/c1-26-23(31)16-8-7-9-17(14-16)27-22(30)15-34-25-28-19-11-4-3-10-18(19)24(32)29(25)20-12-5-6-13-21(20)33-2/h3-14H,15H2,1-2H3,(H,26,31)(H,27,30). The minimum absolute atomic E-state index is 0.00410. The summed E-state index contributed by atoms with van der Waals surface area (Å²) in [6.07, 6.45) is 0. The molecule has 172 valence electrons. The molecule has 4 rings (SSSR count). The molecule has 8 nitrogen and oxygen atoms in total. The van der Waals surface area contributed by atoms with E-state index in [-0.39, 0.29) is 23.1 Å². The molecule has 9 heteroatoms. The number of ether oxygens (including phenoxy) is 1. The van der Waals surface area contributed by atoms with Gasteiger partial charge in [0.25, 0.3) is 11.5 Å². The maximum Gasteiger partial charge on any atom is 0.266 e. The summed E-state index contributed by atoms with van der Waals surface area (Å²) in [5.74, 6) is -0.0249. The lowest BCUT2D eigenvalue weighted by Crippen LogP contribution is -2.23. The Labute approximate surface area is 200 Å². The van der Waals surface area contributed by atoms with Gasteiger partial charge in [-0.1, -0.05) is 42.1 Å². The second-order valence-corrected chi connectivity index (χ2v) is 8.16. The molecule has 1 aromatic heterocycles. The molecule has 34 heavy (non-hydrogen) atoms. The number of nitrogens with zero attached hydrogens (tertiary/aromatic N) is 2. The van der Waals surface area contributed by atoms with Crippen molar-refractivity contribution >= 4 is 40.2 Å². The lowest BCUT2D eigenvalue weighted by Gasteiger charge is -2.15. The number of anilines is 1. The van der Waals surface area contributed by atoms with E-state index in [0.717, 1.165) is 11.8 Å².